The molecule has 3 rings (SSSR count). The molecule has 0 bridgehead atoms. The fraction of sp³-hybridized carbons (Fsp3) is 0.700. The smallest absolute Gasteiger partial charge is 0.191 e. The van der Waals surface area contributed by atoms with Gasteiger partial charge < -0.3 is 20.9 Å². The fourth-order valence-corrected chi connectivity index (χ4v) is 3.58. The van der Waals surface area contributed by atoms with Crippen LogP contribution in [0, 0.1) is 5.92 Å². The predicted molar refractivity (Wildman–Crippen MR) is 118 cm³/mol. The van der Waals surface area contributed by atoms with Crippen molar-refractivity contribution in [2.75, 3.05) is 51.1 Å². The topological polar surface area (TPSA) is 95.3 Å². The van der Waals surface area contributed by atoms with Gasteiger partial charge in [0.25, 0.3) is 0 Å². The van der Waals surface area contributed by atoms with E-state index in [2.05, 4.69) is 49.8 Å². The van der Waals surface area contributed by atoms with Crippen molar-refractivity contribution in [3.63, 3.8) is 0 Å². The summed E-state index contributed by atoms with van der Waals surface area (Å²) < 4.78 is 1.75. The van der Waals surface area contributed by atoms with Gasteiger partial charge in [0, 0.05) is 33.2 Å². The van der Waals surface area contributed by atoms with E-state index in [4.69, 9.17) is 4.99 Å². The number of fused-ring (bicyclic) bond motifs is 1. The monoisotopic (exact) mass is 401 g/mol. The third kappa shape index (κ3) is 6.28. The number of aryl methyl sites for hydroxylation is 1. The molecule has 0 aliphatic carbocycles. The second-order valence-corrected chi connectivity index (χ2v) is 7.72. The molecule has 1 aliphatic heterocycles. The number of anilines is 1. The molecule has 1 aliphatic rings. The Labute approximate surface area is 173 Å². The molecule has 9 heteroatoms. The van der Waals surface area contributed by atoms with Crippen molar-refractivity contribution in [2.24, 2.45) is 18.0 Å². The van der Waals surface area contributed by atoms with Crippen LogP contribution in [-0.4, -0.2) is 76.4 Å². The lowest BCUT2D eigenvalue weighted by Gasteiger charge is -2.29. The summed E-state index contributed by atoms with van der Waals surface area (Å²) >= 11 is 0. The summed E-state index contributed by atoms with van der Waals surface area (Å²) in [7, 11) is 1.88. The molecule has 1 saturated heterocycles. The Bertz CT molecular complexity index is 777. The van der Waals surface area contributed by atoms with E-state index in [1.165, 1.54) is 25.9 Å². The molecule has 0 saturated carbocycles. The Morgan fingerprint density at radius 1 is 1.21 bits per heavy atom. The SMILES string of the molecule is CCNC(=NCCCN1CCC(C)CC1)NCCNc1ncnc2c1cnn2C. The molecular formula is C20H35N9. The summed E-state index contributed by atoms with van der Waals surface area (Å²) in [5.74, 6) is 2.57. The lowest BCUT2D eigenvalue weighted by Crippen LogP contribution is -2.40. The highest BCUT2D eigenvalue weighted by Gasteiger charge is 2.14. The molecule has 0 unspecified atom stereocenters. The summed E-state index contributed by atoms with van der Waals surface area (Å²) in [6, 6.07) is 0. The van der Waals surface area contributed by atoms with Gasteiger partial charge in [-0.25, -0.2) is 9.97 Å². The number of guanidine groups is 1. The van der Waals surface area contributed by atoms with Gasteiger partial charge in [0.15, 0.2) is 11.6 Å². The first kappa shape index (κ1) is 21.3. The molecule has 9 nitrogen and oxygen atoms in total. The van der Waals surface area contributed by atoms with Gasteiger partial charge in [-0.2, -0.15) is 5.10 Å². The third-order valence-corrected chi connectivity index (χ3v) is 5.36. The fourth-order valence-electron chi connectivity index (χ4n) is 3.58. The van der Waals surface area contributed by atoms with Crippen molar-refractivity contribution >= 4 is 22.8 Å². The van der Waals surface area contributed by atoms with Crippen LogP contribution in [-0.2, 0) is 7.05 Å². The van der Waals surface area contributed by atoms with Gasteiger partial charge in [0.1, 0.15) is 12.1 Å². The Hall–Kier alpha value is -2.42. The summed E-state index contributed by atoms with van der Waals surface area (Å²) in [6.07, 6.45) is 7.12. The minimum Gasteiger partial charge on any atom is -0.368 e. The van der Waals surface area contributed by atoms with Gasteiger partial charge in [-0.1, -0.05) is 6.92 Å². The van der Waals surface area contributed by atoms with Gasteiger partial charge in [-0.05, 0) is 51.7 Å². The maximum atomic E-state index is 4.71. The van der Waals surface area contributed by atoms with Gasteiger partial charge in [0.2, 0.25) is 0 Å². The highest BCUT2D eigenvalue weighted by Crippen LogP contribution is 2.17. The molecule has 3 N–H and O–H groups in total. The van der Waals surface area contributed by atoms with Crippen LogP contribution in [0.15, 0.2) is 17.5 Å². The zero-order valence-electron chi connectivity index (χ0n) is 18.0. The zero-order valence-corrected chi connectivity index (χ0v) is 18.0. The highest BCUT2D eigenvalue weighted by atomic mass is 15.3. The van der Waals surface area contributed by atoms with Gasteiger partial charge in [0.05, 0.1) is 11.6 Å². The number of hydrogen-bond donors (Lipinski definition) is 3. The first-order chi connectivity index (χ1) is 14.2. The van der Waals surface area contributed by atoms with E-state index in [0.29, 0.717) is 0 Å². The number of hydrogen-bond acceptors (Lipinski definition) is 6. The van der Waals surface area contributed by atoms with E-state index in [1.54, 1.807) is 17.2 Å². The largest absolute Gasteiger partial charge is 0.368 e. The van der Waals surface area contributed by atoms with E-state index < -0.39 is 0 Å². The van der Waals surface area contributed by atoms with Crippen LogP contribution in [0.3, 0.4) is 0 Å². The van der Waals surface area contributed by atoms with Gasteiger partial charge >= 0.3 is 0 Å². The van der Waals surface area contributed by atoms with Crippen molar-refractivity contribution in [1.82, 2.24) is 35.3 Å². The van der Waals surface area contributed by atoms with E-state index in [9.17, 15) is 0 Å². The van der Waals surface area contributed by atoms with Crippen LogP contribution < -0.4 is 16.0 Å². The number of nitrogens with one attached hydrogen (secondary N) is 3. The van der Waals surface area contributed by atoms with Gasteiger partial charge in [-0.15, -0.1) is 0 Å². The first-order valence-corrected chi connectivity index (χ1v) is 10.8. The van der Waals surface area contributed by atoms with Crippen molar-refractivity contribution in [2.45, 2.75) is 33.1 Å². The minimum atomic E-state index is 0.734. The lowest BCUT2D eigenvalue weighted by molar-refractivity contribution is 0.192. The Morgan fingerprint density at radius 3 is 2.83 bits per heavy atom. The van der Waals surface area contributed by atoms with Crippen LogP contribution in [0.4, 0.5) is 5.82 Å². The van der Waals surface area contributed by atoms with Crippen molar-refractivity contribution in [1.29, 1.82) is 0 Å². The number of likely N-dealkylation sites (tertiary alicyclic amines) is 1. The highest BCUT2D eigenvalue weighted by molar-refractivity contribution is 5.86. The van der Waals surface area contributed by atoms with Crippen molar-refractivity contribution in [3.8, 4) is 0 Å². The second kappa shape index (κ2) is 10.9. The van der Waals surface area contributed by atoms with Crippen LogP contribution >= 0.6 is 0 Å². The summed E-state index contributed by atoms with van der Waals surface area (Å²) in [5, 5.41) is 15.2. The normalized spacial score (nSPS) is 16.3. The molecule has 2 aromatic rings. The quantitative estimate of drug-likeness (QED) is 0.332. The molecular weight excluding hydrogens is 366 g/mol. The summed E-state index contributed by atoms with van der Waals surface area (Å²) in [5.41, 5.74) is 0.827. The number of nitrogens with zero attached hydrogens (tertiary/aromatic N) is 6. The third-order valence-electron chi connectivity index (χ3n) is 5.36. The molecule has 0 aromatic carbocycles. The van der Waals surface area contributed by atoms with Crippen LogP contribution in [0.25, 0.3) is 11.0 Å². The number of rotatable bonds is 9. The number of aromatic nitrogens is 4. The van der Waals surface area contributed by atoms with Crippen LogP contribution in [0.5, 0.6) is 0 Å². The van der Waals surface area contributed by atoms with E-state index in [0.717, 1.165) is 67.9 Å². The minimum absolute atomic E-state index is 0.734. The lowest BCUT2D eigenvalue weighted by atomic mass is 9.99. The Morgan fingerprint density at radius 2 is 2.03 bits per heavy atom. The maximum absolute atomic E-state index is 4.71. The standard InChI is InChI=1S/C20H35N9/c1-4-21-20(23-8-5-11-29-12-6-16(2)7-13-29)24-10-9-22-18-17-14-27-28(3)19(17)26-15-25-18/h14-16H,4-13H2,1-3H3,(H2,21,23,24)(H,22,25,26). The molecule has 1 fully saturated rings. The van der Waals surface area contributed by atoms with Crippen LogP contribution in [0.1, 0.15) is 33.1 Å². The molecule has 3 heterocycles. The van der Waals surface area contributed by atoms with Gasteiger partial charge in [-0.3, -0.25) is 9.67 Å². The second-order valence-electron chi connectivity index (χ2n) is 7.72. The van der Waals surface area contributed by atoms with E-state index in [1.807, 2.05) is 7.05 Å². The maximum Gasteiger partial charge on any atom is 0.191 e. The predicted octanol–water partition coefficient (Wildman–Crippen LogP) is 1.45. The molecule has 0 amide bonds. The average molecular weight is 402 g/mol. The molecule has 160 valence electrons. The zero-order chi connectivity index (χ0) is 20.5. The van der Waals surface area contributed by atoms with E-state index in [-0.39, 0.29) is 0 Å². The summed E-state index contributed by atoms with van der Waals surface area (Å²) in [4.78, 5) is 15.9. The molecule has 2 aromatic heterocycles. The van der Waals surface area contributed by atoms with Crippen LogP contribution in [0.2, 0.25) is 0 Å². The molecule has 0 radical (unpaired) electrons. The molecule has 29 heavy (non-hydrogen) atoms. The number of aliphatic imine (C=N–C) groups is 1. The average Bonchev–Trinajstić information content (AvgIpc) is 3.11. The molecule has 0 atom stereocenters. The molecule has 0 spiro atoms. The number of piperidine rings is 1. The summed E-state index contributed by atoms with van der Waals surface area (Å²) in [6.45, 7) is 11.2. The Balaban J connectivity index is 1.39. The first-order valence-electron chi connectivity index (χ1n) is 10.8. The van der Waals surface area contributed by atoms with Crippen molar-refractivity contribution < 1.29 is 0 Å². The van der Waals surface area contributed by atoms with Crippen molar-refractivity contribution in [3.05, 3.63) is 12.5 Å². The Kier molecular flexibility index (Phi) is 8.03. The van der Waals surface area contributed by atoms with E-state index >= 15 is 0 Å².